The predicted molar refractivity (Wildman–Crippen MR) is 156 cm³/mol. The van der Waals surface area contributed by atoms with Crippen molar-refractivity contribution < 1.29 is 23.0 Å². The summed E-state index contributed by atoms with van der Waals surface area (Å²) in [6.45, 7) is 5.02. The number of anilines is 1. The molecule has 4 nitrogen and oxygen atoms in total. The molecule has 2 atom stereocenters. The van der Waals surface area contributed by atoms with E-state index in [0.717, 1.165) is 29.0 Å². The van der Waals surface area contributed by atoms with E-state index in [-0.39, 0.29) is 18.2 Å². The summed E-state index contributed by atoms with van der Waals surface area (Å²) in [6, 6.07) is 27.4. The van der Waals surface area contributed by atoms with Gasteiger partial charge in [0.1, 0.15) is 35.2 Å². The fourth-order valence-electron chi connectivity index (χ4n) is 4.88. The molecule has 0 saturated carbocycles. The summed E-state index contributed by atoms with van der Waals surface area (Å²) in [4.78, 5) is 0. The van der Waals surface area contributed by atoms with Crippen molar-refractivity contribution in [1.82, 2.24) is 0 Å². The van der Waals surface area contributed by atoms with E-state index in [4.69, 9.17) is 14.2 Å². The Labute approximate surface area is 242 Å². The number of benzene rings is 4. The van der Waals surface area contributed by atoms with Crippen LogP contribution in [0.5, 0.6) is 5.75 Å². The van der Waals surface area contributed by atoms with Crippen LogP contribution in [0.25, 0.3) is 0 Å². The van der Waals surface area contributed by atoms with Crippen molar-refractivity contribution >= 4 is 21.6 Å². The Morgan fingerprint density at radius 1 is 0.875 bits per heavy atom. The molecule has 208 valence electrons. The summed E-state index contributed by atoms with van der Waals surface area (Å²) >= 11 is 3.31. The van der Waals surface area contributed by atoms with E-state index in [9.17, 15) is 8.78 Å². The van der Waals surface area contributed by atoms with Gasteiger partial charge in [0.2, 0.25) is 0 Å². The molecule has 0 bridgehead atoms. The van der Waals surface area contributed by atoms with Crippen LogP contribution in [-0.4, -0.2) is 18.3 Å². The lowest BCUT2D eigenvalue weighted by atomic mass is 9.87. The van der Waals surface area contributed by atoms with Crippen molar-refractivity contribution in [3.63, 3.8) is 0 Å². The second kappa shape index (κ2) is 12.5. The molecule has 0 aromatic heterocycles. The Kier molecular flexibility index (Phi) is 8.84. The lowest BCUT2D eigenvalue weighted by Gasteiger charge is -2.44. The second-order valence-corrected chi connectivity index (χ2v) is 11.3. The third-order valence-corrected chi connectivity index (χ3v) is 7.52. The normalized spacial score (nSPS) is 17.6. The highest BCUT2D eigenvalue weighted by Gasteiger charge is 2.45. The number of halogens is 3. The molecule has 1 aliphatic rings. The van der Waals surface area contributed by atoms with Crippen LogP contribution in [0.2, 0.25) is 0 Å². The van der Waals surface area contributed by atoms with E-state index in [1.54, 1.807) is 24.3 Å². The summed E-state index contributed by atoms with van der Waals surface area (Å²) in [5.41, 5.74) is 3.60. The van der Waals surface area contributed by atoms with Crippen molar-refractivity contribution in [3.05, 3.63) is 129 Å². The molecular weight excluding hydrogens is 576 g/mol. The topological polar surface area (TPSA) is 39.7 Å². The van der Waals surface area contributed by atoms with Crippen molar-refractivity contribution in [2.75, 3.05) is 11.9 Å². The maximum Gasteiger partial charge on any atom is 0.132 e. The predicted octanol–water partition coefficient (Wildman–Crippen LogP) is 8.40. The van der Waals surface area contributed by atoms with Gasteiger partial charge in [-0.1, -0.05) is 64.5 Å². The van der Waals surface area contributed by atoms with Crippen molar-refractivity contribution in [1.29, 1.82) is 0 Å². The minimum Gasteiger partial charge on any atom is -0.485 e. The first-order valence-electron chi connectivity index (χ1n) is 13.3. The first-order chi connectivity index (χ1) is 19.3. The van der Waals surface area contributed by atoms with Gasteiger partial charge >= 0.3 is 0 Å². The van der Waals surface area contributed by atoms with E-state index in [1.807, 2.05) is 50.2 Å². The summed E-state index contributed by atoms with van der Waals surface area (Å²) in [6.07, 6.45) is -0.218. The average Bonchev–Trinajstić information content (AvgIpc) is 2.93. The molecule has 7 heteroatoms. The zero-order chi connectivity index (χ0) is 28.1. The van der Waals surface area contributed by atoms with Gasteiger partial charge in [0.05, 0.1) is 13.2 Å². The Bertz CT molecular complexity index is 1430. The molecule has 0 aliphatic carbocycles. The van der Waals surface area contributed by atoms with E-state index < -0.39 is 17.8 Å². The number of fused-ring (bicyclic) bond motifs is 1. The Balaban J connectivity index is 1.40. The van der Waals surface area contributed by atoms with Crippen LogP contribution >= 0.6 is 15.9 Å². The van der Waals surface area contributed by atoms with Gasteiger partial charge in [-0.05, 0) is 73.9 Å². The largest absolute Gasteiger partial charge is 0.485 e. The van der Waals surface area contributed by atoms with Crippen molar-refractivity contribution in [2.24, 2.45) is 0 Å². The zero-order valence-corrected chi connectivity index (χ0v) is 24.1. The smallest absolute Gasteiger partial charge is 0.132 e. The van der Waals surface area contributed by atoms with Gasteiger partial charge < -0.3 is 19.5 Å². The number of hydrogen-bond donors (Lipinski definition) is 1. The van der Waals surface area contributed by atoms with Crippen LogP contribution in [0.1, 0.15) is 42.2 Å². The van der Waals surface area contributed by atoms with Crippen LogP contribution in [0.15, 0.2) is 95.5 Å². The van der Waals surface area contributed by atoms with Gasteiger partial charge in [-0.2, -0.15) is 0 Å². The summed E-state index contributed by atoms with van der Waals surface area (Å²) in [5.74, 6) is 0.122. The zero-order valence-electron chi connectivity index (χ0n) is 22.5. The molecular formula is C33H32BrF2NO3. The van der Waals surface area contributed by atoms with Gasteiger partial charge in [0.15, 0.2) is 0 Å². The Morgan fingerprint density at radius 3 is 2.40 bits per heavy atom. The molecule has 1 heterocycles. The molecule has 0 spiro atoms. The third kappa shape index (κ3) is 6.89. The summed E-state index contributed by atoms with van der Waals surface area (Å²) < 4.78 is 48.0. The van der Waals surface area contributed by atoms with Gasteiger partial charge in [0, 0.05) is 27.8 Å². The Hall–Kier alpha value is -3.26. The first-order valence-corrected chi connectivity index (χ1v) is 14.1. The fraction of sp³-hybridized carbons (Fsp3) is 0.273. The Morgan fingerprint density at radius 2 is 1.65 bits per heavy atom. The lowest BCUT2D eigenvalue weighted by Crippen LogP contribution is -2.51. The van der Waals surface area contributed by atoms with Crippen LogP contribution in [0, 0.1) is 11.6 Å². The maximum absolute atomic E-state index is 14.6. The second-order valence-electron chi connectivity index (χ2n) is 10.4. The lowest BCUT2D eigenvalue weighted by molar-refractivity contribution is -0.167. The molecule has 0 saturated heterocycles. The highest BCUT2D eigenvalue weighted by molar-refractivity contribution is 9.10. The number of rotatable bonds is 10. The molecule has 2 unspecified atom stereocenters. The molecule has 0 fully saturated rings. The third-order valence-electron chi connectivity index (χ3n) is 7.02. The summed E-state index contributed by atoms with van der Waals surface area (Å²) in [7, 11) is 0. The first kappa shape index (κ1) is 28.3. The van der Waals surface area contributed by atoms with E-state index in [2.05, 4.69) is 33.4 Å². The van der Waals surface area contributed by atoms with Gasteiger partial charge in [-0.15, -0.1) is 0 Å². The molecule has 0 radical (unpaired) electrons. The van der Waals surface area contributed by atoms with Crippen molar-refractivity contribution in [3.8, 4) is 5.75 Å². The molecule has 40 heavy (non-hydrogen) atoms. The monoisotopic (exact) mass is 607 g/mol. The molecule has 5 rings (SSSR count). The molecule has 1 N–H and O–H groups in total. The van der Waals surface area contributed by atoms with Crippen LogP contribution in [0.3, 0.4) is 0 Å². The SMILES string of the molecule is CC1(C)Oc2ccc(NCc3ccc(F)cc3)cc2C(OCCc2ccccc2)C1OCc1ccc(Br)cc1F. The number of ether oxygens (including phenoxy) is 3. The van der Waals surface area contributed by atoms with Gasteiger partial charge in [0.25, 0.3) is 0 Å². The van der Waals surface area contributed by atoms with Crippen LogP contribution in [-0.2, 0) is 29.0 Å². The van der Waals surface area contributed by atoms with E-state index in [0.29, 0.717) is 23.2 Å². The fourth-order valence-corrected chi connectivity index (χ4v) is 5.21. The van der Waals surface area contributed by atoms with Gasteiger partial charge in [-0.3, -0.25) is 0 Å². The minimum absolute atomic E-state index is 0.0763. The highest BCUT2D eigenvalue weighted by atomic mass is 79.9. The van der Waals surface area contributed by atoms with E-state index >= 15 is 0 Å². The number of nitrogens with one attached hydrogen (secondary N) is 1. The highest BCUT2D eigenvalue weighted by Crippen LogP contribution is 2.44. The van der Waals surface area contributed by atoms with Crippen LogP contribution in [0.4, 0.5) is 14.5 Å². The average molecular weight is 609 g/mol. The molecule has 4 aromatic carbocycles. The van der Waals surface area contributed by atoms with E-state index in [1.165, 1.54) is 23.8 Å². The maximum atomic E-state index is 14.6. The quantitative estimate of drug-likeness (QED) is 0.196. The minimum atomic E-state index is -0.737. The molecule has 1 aliphatic heterocycles. The van der Waals surface area contributed by atoms with Crippen molar-refractivity contribution in [2.45, 2.75) is 51.2 Å². The van der Waals surface area contributed by atoms with Crippen LogP contribution < -0.4 is 10.1 Å². The number of hydrogen-bond acceptors (Lipinski definition) is 4. The molecule has 4 aromatic rings. The molecule has 0 amide bonds. The van der Waals surface area contributed by atoms with Gasteiger partial charge in [-0.25, -0.2) is 8.78 Å². The summed E-state index contributed by atoms with van der Waals surface area (Å²) in [5, 5.41) is 3.41. The standard InChI is InChI=1S/C33H32BrF2NO3/c1-33(2)32(39-21-24-10-11-25(34)18-29(24)36)31(38-17-16-22-6-4-3-5-7-22)28-19-27(14-15-30(28)40-33)37-20-23-8-12-26(35)13-9-23/h3-15,18-19,31-32,37H,16-17,20-21H2,1-2H3.